The van der Waals surface area contributed by atoms with Crippen LogP contribution in [0, 0.1) is 0 Å². The molecule has 0 spiro atoms. The zero-order valence-corrected chi connectivity index (χ0v) is 17.4. The number of piperazine rings is 1. The monoisotopic (exact) mass is 375 g/mol. The SMILES string of the molecule is CCCCOC(=O)CC(CN1CCN(c2ccccc2)CC1)N(CC)CC. The van der Waals surface area contributed by atoms with Gasteiger partial charge in [-0.15, -0.1) is 0 Å². The second-order valence-corrected chi connectivity index (χ2v) is 7.28. The van der Waals surface area contributed by atoms with Crippen LogP contribution in [0.1, 0.15) is 40.0 Å². The molecule has 2 rings (SSSR count). The van der Waals surface area contributed by atoms with E-state index >= 15 is 0 Å². The number of hydrogen-bond donors (Lipinski definition) is 0. The van der Waals surface area contributed by atoms with Crippen molar-refractivity contribution < 1.29 is 9.53 Å². The van der Waals surface area contributed by atoms with Gasteiger partial charge in [0, 0.05) is 44.5 Å². The molecule has 1 aromatic carbocycles. The minimum Gasteiger partial charge on any atom is -0.466 e. The minimum absolute atomic E-state index is 0.0525. The fraction of sp³-hybridized carbons (Fsp3) is 0.682. The van der Waals surface area contributed by atoms with E-state index in [1.165, 1.54) is 5.69 Å². The number of benzene rings is 1. The van der Waals surface area contributed by atoms with Gasteiger partial charge in [-0.2, -0.15) is 0 Å². The van der Waals surface area contributed by atoms with E-state index in [1.807, 2.05) is 0 Å². The van der Waals surface area contributed by atoms with Gasteiger partial charge in [-0.25, -0.2) is 0 Å². The van der Waals surface area contributed by atoms with E-state index in [4.69, 9.17) is 4.74 Å². The van der Waals surface area contributed by atoms with Crippen LogP contribution in [0.4, 0.5) is 5.69 Å². The van der Waals surface area contributed by atoms with Crippen LogP contribution < -0.4 is 4.90 Å². The molecule has 27 heavy (non-hydrogen) atoms. The fourth-order valence-corrected chi connectivity index (χ4v) is 3.76. The number of carbonyl (C=O) groups is 1. The molecule has 1 atom stereocenters. The molecule has 1 heterocycles. The Morgan fingerprint density at radius 1 is 1.07 bits per heavy atom. The molecule has 1 aromatic rings. The first-order chi connectivity index (χ1) is 13.2. The predicted molar refractivity (Wildman–Crippen MR) is 112 cm³/mol. The van der Waals surface area contributed by atoms with Crippen LogP contribution in [0.3, 0.4) is 0 Å². The van der Waals surface area contributed by atoms with E-state index < -0.39 is 0 Å². The summed E-state index contributed by atoms with van der Waals surface area (Å²) >= 11 is 0. The molecule has 1 aliphatic heterocycles. The largest absolute Gasteiger partial charge is 0.466 e. The Morgan fingerprint density at radius 3 is 2.33 bits per heavy atom. The summed E-state index contributed by atoms with van der Waals surface area (Å²) in [7, 11) is 0. The first kappa shape index (κ1) is 21.7. The van der Waals surface area contributed by atoms with Crippen LogP contribution in [0.5, 0.6) is 0 Å². The van der Waals surface area contributed by atoms with Crippen LogP contribution >= 0.6 is 0 Å². The smallest absolute Gasteiger partial charge is 0.307 e. The number of rotatable bonds is 11. The lowest BCUT2D eigenvalue weighted by Crippen LogP contribution is -2.52. The van der Waals surface area contributed by atoms with Gasteiger partial charge in [0.05, 0.1) is 13.0 Å². The highest BCUT2D eigenvalue weighted by Gasteiger charge is 2.25. The van der Waals surface area contributed by atoms with Gasteiger partial charge in [-0.3, -0.25) is 14.6 Å². The van der Waals surface area contributed by atoms with Crippen LogP contribution in [0.2, 0.25) is 0 Å². The van der Waals surface area contributed by atoms with Gasteiger partial charge in [-0.05, 0) is 31.6 Å². The standard InChI is InChI=1S/C22H37N3O2/c1-4-7-17-27-22(26)18-21(24(5-2)6-3)19-23-13-15-25(16-14-23)20-11-9-8-10-12-20/h8-12,21H,4-7,13-19H2,1-3H3. The van der Waals surface area contributed by atoms with Crippen molar-refractivity contribution in [3.63, 3.8) is 0 Å². The van der Waals surface area contributed by atoms with Gasteiger partial charge in [0.25, 0.3) is 0 Å². The lowest BCUT2D eigenvalue weighted by Gasteiger charge is -2.39. The molecule has 0 aliphatic carbocycles. The quantitative estimate of drug-likeness (QED) is 0.438. The number of ether oxygens (including phenoxy) is 1. The van der Waals surface area contributed by atoms with Gasteiger partial charge in [0.15, 0.2) is 0 Å². The summed E-state index contributed by atoms with van der Waals surface area (Å²) in [5, 5.41) is 0. The zero-order valence-electron chi connectivity index (χ0n) is 17.4. The molecule has 1 unspecified atom stereocenters. The Morgan fingerprint density at radius 2 is 1.74 bits per heavy atom. The first-order valence-electron chi connectivity index (χ1n) is 10.6. The van der Waals surface area contributed by atoms with Crippen molar-refractivity contribution >= 4 is 11.7 Å². The molecule has 0 N–H and O–H groups in total. The molecule has 5 nitrogen and oxygen atoms in total. The molecule has 0 amide bonds. The molecule has 1 aliphatic rings. The molecular weight excluding hydrogens is 338 g/mol. The third-order valence-electron chi connectivity index (χ3n) is 5.45. The number of para-hydroxylation sites is 1. The molecule has 1 saturated heterocycles. The van der Waals surface area contributed by atoms with Gasteiger partial charge >= 0.3 is 5.97 Å². The zero-order chi connectivity index (χ0) is 19.5. The summed E-state index contributed by atoms with van der Waals surface area (Å²) in [5.74, 6) is -0.0525. The predicted octanol–water partition coefficient (Wildman–Crippen LogP) is 3.25. The molecule has 0 saturated carbocycles. The molecule has 0 radical (unpaired) electrons. The van der Waals surface area contributed by atoms with Crippen molar-refractivity contribution in [3.05, 3.63) is 30.3 Å². The summed E-state index contributed by atoms with van der Waals surface area (Å²) in [4.78, 5) is 19.6. The summed E-state index contributed by atoms with van der Waals surface area (Å²) in [6.07, 6.45) is 2.49. The highest BCUT2D eigenvalue weighted by molar-refractivity contribution is 5.70. The number of hydrogen-bond acceptors (Lipinski definition) is 5. The third kappa shape index (κ3) is 7.15. The van der Waals surface area contributed by atoms with E-state index in [-0.39, 0.29) is 12.0 Å². The van der Waals surface area contributed by atoms with Crippen LogP contribution in [-0.2, 0) is 9.53 Å². The minimum atomic E-state index is -0.0525. The number of esters is 1. The van der Waals surface area contributed by atoms with Crippen LogP contribution in [-0.4, -0.2) is 74.2 Å². The second-order valence-electron chi connectivity index (χ2n) is 7.28. The number of carbonyl (C=O) groups excluding carboxylic acids is 1. The van der Waals surface area contributed by atoms with E-state index in [0.717, 1.165) is 58.7 Å². The van der Waals surface area contributed by atoms with E-state index in [1.54, 1.807) is 0 Å². The average molecular weight is 376 g/mol. The summed E-state index contributed by atoms with van der Waals surface area (Å²) in [6, 6.07) is 10.9. The van der Waals surface area contributed by atoms with Crippen LogP contribution in [0.15, 0.2) is 30.3 Å². The first-order valence-corrected chi connectivity index (χ1v) is 10.6. The Labute approximate surface area is 165 Å². The highest BCUT2D eigenvalue weighted by Crippen LogP contribution is 2.17. The van der Waals surface area contributed by atoms with E-state index in [9.17, 15) is 4.79 Å². The Kier molecular flexibility index (Phi) is 9.64. The Hall–Kier alpha value is -1.59. The summed E-state index contributed by atoms with van der Waals surface area (Å²) < 4.78 is 5.42. The Bertz CT molecular complexity index is 526. The lowest BCUT2D eigenvalue weighted by molar-refractivity contribution is -0.145. The van der Waals surface area contributed by atoms with Gasteiger partial charge < -0.3 is 9.64 Å². The molecular formula is C22H37N3O2. The van der Waals surface area contributed by atoms with Crippen molar-refractivity contribution in [1.82, 2.24) is 9.80 Å². The van der Waals surface area contributed by atoms with Crippen LogP contribution in [0.25, 0.3) is 0 Å². The maximum atomic E-state index is 12.3. The maximum absolute atomic E-state index is 12.3. The normalized spacial score (nSPS) is 16.5. The van der Waals surface area contributed by atoms with Crippen molar-refractivity contribution in [2.24, 2.45) is 0 Å². The lowest BCUT2D eigenvalue weighted by atomic mass is 10.1. The number of anilines is 1. The van der Waals surface area contributed by atoms with Gasteiger partial charge in [0.2, 0.25) is 0 Å². The summed E-state index contributed by atoms with van der Waals surface area (Å²) in [5.41, 5.74) is 1.30. The number of nitrogens with zero attached hydrogens (tertiary/aromatic N) is 3. The van der Waals surface area contributed by atoms with Crippen molar-refractivity contribution in [2.45, 2.75) is 46.1 Å². The average Bonchev–Trinajstić information content (AvgIpc) is 2.70. The van der Waals surface area contributed by atoms with Crippen molar-refractivity contribution in [2.75, 3.05) is 57.3 Å². The third-order valence-corrected chi connectivity index (χ3v) is 5.45. The number of unbranched alkanes of at least 4 members (excludes halogenated alkanes) is 1. The Balaban J connectivity index is 1.86. The second kappa shape index (κ2) is 12.0. The molecule has 0 bridgehead atoms. The summed E-state index contributed by atoms with van der Waals surface area (Å²) in [6.45, 7) is 14.0. The van der Waals surface area contributed by atoms with Crippen molar-refractivity contribution in [1.29, 1.82) is 0 Å². The highest BCUT2D eigenvalue weighted by atomic mass is 16.5. The molecule has 5 heteroatoms. The van der Waals surface area contributed by atoms with E-state index in [0.29, 0.717) is 13.0 Å². The van der Waals surface area contributed by atoms with Gasteiger partial charge in [-0.1, -0.05) is 45.4 Å². The topological polar surface area (TPSA) is 36.0 Å². The molecule has 152 valence electrons. The van der Waals surface area contributed by atoms with E-state index in [2.05, 4.69) is 65.8 Å². The maximum Gasteiger partial charge on any atom is 0.307 e. The fourth-order valence-electron chi connectivity index (χ4n) is 3.76. The molecule has 0 aromatic heterocycles. The molecule has 1 fully saturated rings. The van der Waals surface area contributed by atoms with Crippen molar-refractivity contribution in [3.8, 4) is 0 Å². The number of likely N-dealkylation sites (N-methyl/N-ethyl adjacent to an activating group) is 1. The van der Waals surface area contributed by atoms with Gasteiger partial charge in [0.1, 0.15) is 0 Å².